The van der Waals surface area contributed by atoms with Gasteiger partial charge in [-0.05, 0) is 31.0 Å². The molecule has 0 spiro atoms. The third-order valence-electron chi connectivity index (χ3n) is 8.37. The Labute approximate surface area is 299 Å². The summed E-state index contributed by atoms with van der Waals surface area (Å²) in [4.78, 5) is 79.8. The van der Waals surface area contributed by atoms with Crippen molar-refractivity contribution in [1.82, 2.24) is 19.1 Å². The number of ether oxygens (including phenoxy) is 2. The molecule has 1 aromatic carbocycles. The van der Waals surface area contributed by atoms with Crippen molar-refractivity contribution in [2.75, 3.05) is 13.2 Å². The summed E-state index contributed by atoms with van der Waals surface area (Å²) in [6, 6.07) is 0.554. The van der Waals surface area contributed by atoms with Crippen LogP contribution in [-0.4, -0.2) is 66.5 Å². The van der Waals surface area contributed by atoms with Crippen LogP contribution in [0.5, 0.6) is 0 Å². The summed E-state index contributed by atoms with van der Waals surface area (Å²) in [5, 5.41) is 30.3. The number of hydrogen-bond acceptors (Lipinski definition) is 16. The number of aromatic amines is 2. The van der Waals surface area contributed by atoms with Gasteiger partial charge in [-0.1, -0.05) is 10.2 Å². The number of H-pyrrole nitrogens is 2. The molecular weight excluding hydrogens is 747 g/mol. The SMILES string of the molecule is Cc1cn([C@H]2C[C@H](N=[N+]=[N-])[C@@H](COP(=O)(OCc3ccc([N+](=O)[O-])cc3[N+](=O)[O-])OC[C@H]3O[C@@H](n4cc(C)c(=O)[nH]c4=O)C[C@@H]3N=[N+]=[N-])O2)c(=O)[nH]c1=O. The summed E-state index contributed by atoms with van der Waals surface area (Å²) < 4.78 is 44.7. The van der Waals surface area contributed by atoms with Crippen LogP contribution < -0.4 is 22.5 Å². The van der Waals surface area contributed by atoms with Crippen LogP contribution in [0.1, 0.15) is 42.0 Å². The number of hydrogen-bond donors (Lipinski definition) is 2. The fourth-order valence-electron chi connectivity index (χ4n) is 5.60. The smallest absolute Gasteiger partial charge is 0.352 e. The van der Waals surface area contributed by atoms with Crippen LogP contribution >= 0.6 is 7.82 Å². The highest BCUT2D eigenvalue weighted by molar-refractivity contribution is 7.48. The fourth-order valence-corrected chi connectivity index (χ4v) is 6.78. The molecule has 0 amide bonds. The van der Waals surface area contributed by atoms with Crippen LogP contribution in [0.15, 0.2) is 60.0 Å². The van der Waals surface area contributed by atoms with E-state index >= 15 is 0 Å². The molecule has 27 heteroatoms. The molecule has 0 unspecified atom stereocenters. The molecule has 26 nitrogen and oxygen atoms in total. The monoisotopic (exact) mass is 776 g/mol. The third kappa shape index (κ3) is 8.79. The summed E-state index contributed by atoms with van der Waals surface area (Å²) in [5.41, 5.74) is 14.1. The lowest BCUT2D eigenvalue weighted by atomic mass is 10.1. The number of nitro groups is 2. The summed E-state index contributed by atoms with van der Waals surface area (Å²) in [6.07, 6.45) is -2.33. The summed E-state index contributed by atoms with van der Waals surface area (Å²) >= 11 is 0. The molecule has 0 aliphatic carbocycles. The molecule has 286 valence electrons. The molecule has 2 fully saturated rings. The fraction of sp³-hybridized carbons (Fsp3) is 0.481. The lowest BCUT2D eigenvalue weighted by molar-refractivity contribution is -0.394. The molecule has 0 saturated carbocycles. The topological polar surface area (TPSA) is 357 Å². The Morgan fingerprint density at radius 1 is 0.852 bits per heavy atom. The van der Waals surface area contributed by atoms with Crippen molar-refractivity contribution in [3.63, 3.8) is 0 Å². The molecule has 3 aromatic rings. The van der Waals surface area contributed by atoms with Crippen molar-refractivity contribution < 1.29 is 37.5 Å². The Hall–Kier alpha value is -5.97. The van der Waals surface area contributed by atoms with E-state index in [1.807, 2.05) is 0 Å². The van der Waals surface area contributed by atoms with E-state index in [9.17, 15) is 55.0 Å². The first kappa shape index (κ1) is 39.2. The quantitative estimate of drug-likeness (QED) is 0.0560. The van der Waals surface area contributed by atoms with Crippen molar-refractivity contribution in [3.8, 4) is 0 Å². The van der Waals surface area contributed by atoms with Gasteiger partial charge in [0.2, 0.25) is 0 Å². The molecule has 6 atom stereocenters. The number of nitro benzene ring substituents is 2. The highest BCUT2D eigenvalue weighted by Gasteiger charge is 2.42. The van der Waals surface area contributed by atoms with Crippen LogP contribution in [0.4, 0.5) is 11.4 Å². The zero-order valence-corrected chi connectivity index (χ0v) is 28.9. The first-order valence-electron chi connectivity index (χ1n) is 15.6. The zero-order valence-electron chi connectivity index (χ0n) is 28.0. The van der Waals surface area contributed by atoms with Gasteiger partial charge in [-0.25, -0.2) is 14.2 Å². The second-order valence-electron chi connectivity index (χ2n) is 11.9. The Morgan fingerprint density at radius 2 is 1.33 bits per heavy atom. The van der Waals surface area contributed by atoms with E-state index < -0.39 is 108 Å². The van der Waals surface area contributed by atoms with Gasteiger partial charge in [-0.2, -0.15) is 0 Å². The Bertz CT molecular complexity index is 2230. The highest BCUT2D eigenvalue weighted by Crippen LogP contribution is 2.52. The molecule has 2 N–H and O–H groups in total. The van der Waals surface area contributed by atoms with E-state index in [2.05, 4.69) is 30.0 Å². The van der Waals surface area contributed by atoms with Gasteiger partial charge in [0.25, 0.3) is 22.5 Å². The number of phosphoric acid groups is 1. The third-order valence-corrected chi connectivity index (χ3v) is 9.74. The van der Waals surface area contributed by atoms with Crippen LogP contribution in [0.3, 0.4) is 0 Å². The van der Waals surface area contributed by atoms with Crippen LogP contribution in [0.2, 0.25) is 0 Å². The van der Waals surface area contributed by atoms with Crippen LogP contribution in [0, 0.1) is 34.1 Å². The number of nitrogens with zero attached hydrogens (tertiary/aromatic N) is 10. The van der Waals surface area contributed by atoms with Crippen LogP contribution in [-0.2, 0) is 34.2 Å². The average Bonchev–Trinajstić information content (AvgIpc) is 3.72. The van der Waals surface area contributed by atoms with E-state index in [1.165, 1.54) is 26.2 Å². The van der Waals surface area contributed by atoms with E-state index in [1.54, 1.807) is 0 Å². The predicted octanol–water partition coefficient (Wildman–Crippen LogP) is 2.81. The molecule has 0 bridgehead atoms. The molecule has 54 heavy (non-hydrogen) atoms. The summed E-state index contributed by atoms with van der Waals surface area (Å²) in [5.74, 6) is 0. The largest absolute Gasteiger partial charge is 0.475 e. The van der Waals surface area contributed by atoms with E-state index in [-0.39, 0.29) is 29.5 Å². The minimum atomic E-state index is -4.91. The first-order chi connectivity index (χ1) is 25.6. The molecule has 4 heterocycles. The first-order valence-corrected chi connectivity index (χ1v) is 17.1. The van der Waals surface area contributed by atoms with E-state index in [4.69, 9.17) is 23.0 Å². The Morgan fingerprint density at radius 3 is 1.76 bits per heavy atom. The maximum absolute atomic E-state index is 14.2. The Balaban J connectivity index is 1.41. The molecule has 2 aliphatic rings. The molecule has 2 saturated heterocycles. The molecular formula is C27H29N12O14P. The van der Waals surface area contributed by atoms with Gasteiger partial charge in [-0.15, -0.1) is 0 Å². The second kappa shape index (κ2) is 16.4. The molecule has 2 aliphatic heterocycles. The van der Waals surface area contributed by atoms with E-state index in [0.29, 0.717) is 6.07 Å². The van der Waals surface area contributed by atoms with Crippen molar-refractivity contribution in [3.05, 3.63) is 130 Å². The lowest BCUT2D eigenvalue weighted by Gasteiger charge is -2.23. The standard InChI is InChI=1S/C27H29N12O14P/c1-13-8-36(26(42)30-24(13)40)22-6-17(32-34-28)20(52-22)11-50-54(48,49-10-15-3-4-16(38(44)45)5-19(15)39(46)47)51-12-21-18(33-35-29)7-23(53-21)37-9-14(2)25(41)31-27(37)43/h3-5,8-9,17-18,20-23H,6-7,10-12H2,1-2H3,(H,30,40,42)(H,31,41,43)/t17-,18-,20+,21+,22+,23+/m0/s1. The van der Waals surface area contributed by atoms with Gasteiger partial charge < -0.3 is 9.47 Å². The van der Waals surface area contributed by atoms with Gasteiger partial charge >= 0.3 is 19.2 Å². The molecule has 0 radical (unpaired) electrons. The molecule has 2 aromatic heterocycles. The minimum absolute atomic E-state index is 0.0980. The van der Waals surface area contributed by atoms with Gasteiger partial charge in [0, 0.05) is 52.3 Å². The van der Waals surface area contributed by atoms with Crippen molar-refractivity contribution in [2.45, 2.75) is 70.0 Å². The number of benzene rings is 1. The number of azide groups is 2. The number of nitrogens with one attached hydrogen (secondary N) is 2. The highest BCUT2D eigenvalue weighted by atomic mass is 31.2. The second-order valence-corrected chi connectivity index (χ2v) is 13.5. The number of aromatic nitrogens is 4. The predicted molar refractivity (Wildman–Crippen MR) is 179 cm³/mol. The number of rotatable bonds is 15. The van der Waals surface area contributed by atoms with E-state index in [0.717, 1.165) is 21.3 Å². The van der Waals surface area contributed by atoms with Gasteiger partial charge in [0.1, 0.15) is 12.5 Å². The Kier molecular flexibility index (Phi) is 11.9. The molecule has 5 rings (SSSR count). The number of phosphoric ester groups is 1. The maximum Gasteiger partial charge on any atom is 0.475 e. The van der Waals surface area contributed by atoms with Gasteiger partial charge in [-0.3, -0.25) is 62.5 Å². The summed E-state index contributed by atoms with van der Waals surface area (Å²) in [6.45, 7) is 0.635. The van der Waals surface area contributed by atoms with Gasteiger partial charge in [0.15, 0.2) is 0 Å². The normalized spacial score (nSPS) is 23.2. The van der Waals surface area contributed by atoms with Crippen molar-refractivity contribution >= 4 is 19.2 Å². The van der Waals surface area contributed by atoms with Gasteiger partial charge in [0.05, 0.1) is 65.6 Å². The lowest BCUT2D eigenvalue weighted by Crippen LogP contribution is -2.33. The number of non-ortho nitro benzene ring substituents is 1. The average molecular weight is 777 g/mol. The minimum Gasteiger partial charge on any atom is -0.352 e. The maximum atomic E-state index is 14.2. The zero-order chi connectivity index (χ0) is 39.3. The summed E-state index contributed by atoms with van der Waals surface area (Å²) in [7, 11) is -4.91. The number of aryl methyl sites for hydroxylation is 2. The van der Waals surface area contributed by atoms with Crippen LogP contribution in [0.25, 0.3) is 20.9 Å². The van der Waals surface area contributed by atoms with Crippen molar-refractivity contribution in [1.29, 1.82) is 0 Å². The van der Waals surface area contributed by atoms with Crippen molar-refractivity contribution in [2.24, 2.45) is 10.2 Å².